The number of nitrogens with zero attached hydrogens (tertiary/aromatic N) is 1. The number of likely N-dealkylation sites (N-methyl/N-ethyl adjacent to an activating group) is 1. The third-order valence-corrected chi connectivity index (χ3v) is 1.80. The van der Waals surface area contributed by atoms with Gasteiger partial charge in [-0.25, -0.2) is 0 Å². The van der Waals surface area contributed by atoms with Gasteiger partial charge in [-0.1, -0.05) is 6.92 Å². The molecule has 0 aliphatic heterocycles. The van der Waals surface area contributed by atoms with Crippen molar-refractivity contribution >= 4 is 0 Å². The Hall–Kier alpha value is -0.160. The van der Waals surface area contributed by atoms with Gasteiger partial charge in [0.15, 0.2) is 0 Å². The third kappa shape index (κ3) is 6.54. The Balaban J connectivity index is 3.10. The molecule has 0 aromatic heterocycles. The van der Waals surface area contributed by atoms with Gasteiger partial charge in [-0.2, -0.15) is 0 Å². The summed E-state index contributed by atoms with van der Waals surface area (Å²) in [6.45, 7) is 5.24. The molecule has 0 aliphatic carbocycles. The Bertz CT molecular complexity index is 89.1. The van der Waals surface area contributed by atoms with Crippen LogP contribution < -0.4 is 5.32 Å². The van der Waals surface area contributed by atoms with Gasteiger partial charge in [-0.05, 0) is 13.6 Å². The van der Waals surface area contributed by atoms with E-state index in [0.717, 1.165) is 19.6 Å². The van der Waals surface area contributed by atoms with Crippen molar-refractivity contribution in [1.82, 2.24) is 10.2 Å². The molecule has 0 heterocycles. The first-order chi connectivity index (χ1) is 5.70. The van der Waals surface area contributed by atoms with E-state index in [0.29, 0.717) is 6.54 Å². The topological polar surface area (TPSA) is 55.7 Å². The number of nitrogens with one attached hydrogen (secondary N) is 1. The maximum atomic E-state index is 8.95. The van der Waals surface area contributed by atoms with E-state index in [2.05, 4.69) is 17.1 Å². The van der Waals surface area contributed by atoms with Crippen LogP contribution in [0.2, 0.25) is 0 Å². The second-order valence-electron chi connectivity index (χ2n) is 2.94. The molecule has 0 aromatic rings. The fourth-order valence-corrected chi connectivity index (χ4v) is 0.761. The van der Waals surface area contributed by atoms with Crippen LogP contribution >= 0.6 is 0 Å². The molecule has 3 N–H and O–H groups in total. The molecule has 4 heteroatoms. The minimum atomic E-state index is -0.628. The first-order valence-electron chi connectivity index (χ1n) is 4.38. The summed E-state index contributed by atoms with van der Waals surface area (Å²) in [4.78, 5) is 2.18. The Labute approximate surface area is 74.2 Å². The SMILES string of the molecule is CCN(C)CCNC[C@H](O)CO. The van der Waals surface area contributed by atoms with Gasteiger partial charge in [0.1, 0.15) is 0 Å². The summed E-state index contributed by atoms with van der Waals surface area (Å²) in [6, 6.07) is 0. The molecule has 0 unspecified atom stereocenters. The fraction of sp³-hybridized carbons (Fsp3) is 1.00. The van der Waals surface area contributed by atoms with Crippen LogP contribution in [-0.2, 0) is 0 Å². The van der Waals surface area contributed by atoms with Gasteiger partial charge in [-0.3, -0.25) is 0 Å². The van der Waals surface area contributed by atoms with Crippen molar-refractivity contribution in [2.75, 3.05) is 39.8 Å². The van der Waals surface area contributed by atoms with Gasteiger partial charge in [0.05, 0.1) is 12.7 Å². The first kappa shape index (κ1) is 11.8. The van der Waals surface area contributed by atoms with Crippen LogP contribution in [0.25, 0.3) is 0 Å². The first-order valence-corrected chi connectivity index (χ1v) is 4.38. The van der Waals surface area contributed by atoms with Crippen LogP contribution in [-0.4, -0.2) is 61.1 Å². The van der Waals surface area contributed by atoms with Gasteiger partial charge in [0, 0.05) is 19.6 Å². The molecule has 4 nitrogen and oxygen atoms in total. The van der Waals surface area contributed by atoms with Crippen molar-refractivity contribution in [3.8, 4) is 0 Å². The van der Waals surface area contributed by atoms with E-state index in [1.54, 1.807) is 0 Å². The molecule has 0 fully saturated rings. The molecule has 0 saturated carbocycles. The lowest BCUT2D eigenvalue weighted by molar-refractivity contribution is 0.0941. The van der Waals surface area contributed by atoms with Gasteiger partial charge in [-0.15, -0.1) is 0 Å². The summed E-state index contributed by atoms with van der Waals surface area (Å²) in [7, 11) is 2.05. The quantitative estimate of drug-likeness (QED) is 0.430. The average molecular weight is 176 g/mol. The lowest BCUT2D eigenvalue weighted by atomic mass is 10.4. The largest absolute Gasteiger partial charge is 0.394 e. The maximum Gasteiger partial charge on any atom is 0.0894 e. The fourth-order valence-electron chi connectivity index (χ4n) is 0.761. The van der Waals surface area contributed by atoms with Crippen molar-refractivity contribution in [3.63, 3.8) is 0 Å². The van der Waals surface area contributed by atoms with Crippen molar-refractivity contribution < 1.29 is 10.2 Å². The lowest BCUT2D eigenvalue weighted by Gasteiger charge is -2.14. The van der Waals surface area contributed by atoms with Crippen molar-refractivity contribution in [3.05, 3.63) is 0 Å². The van der Waals surface area contributed by atoms with Crippen LogP contribution in [0.4, 0.5) is 0 Å². The van der Waals surface area contributed by atoms with E-state index in [1.807, 2.05) is 7.05 Å². The van der Waals surface area contributed by atoms with Gasteiger partial charge in [0.2, 0.25) is 0 Å². The number of aliphatic hydroxyl groups is 2. The molecule has 12 heavy (non-hydrogen) atoms. The Morgan fingerprint density at radius 2 is 2.17 bits per heavy atom. The zero-order chi connectivity index (χ0) is 9.40. The van der Waals surface area contributed by atoms with Crippen LogP contribution in [0.3, 0.4) is 0 Å². The number of aliphatic hydroxyl groups excluding tert-OH is 2. The second kappa shape index (κ2) is 7.49. The van der Waals surface area contributed by atoms with E-state index in [1.165, 1.54) is 0 Å². The summed E-state index contributed by atoms with van der Waals surface area (Å²) >= 11 is 0. The van der Waals surface area contributed by atoms with Crippen LogP contribution in [0.15, 0.2) is 0 Å². The van der Waals surface area contributed by atoms with E-state index in [4.69, 9.17) is 10.2 Å². The smallest absolute Gasteiger partial charge is 0.0894 e. The lowest BCUT2D eigenvalue weighted by Crippen LogP contribution is -2.34. The van der Waals surface area contributed by atoms with E-state index >= 15 is 0 Å². The summed E-state index contributed by atoms with van der Waals surface area (Å²) < 4.78 is 0. The highest BCUT2D eigenvalue weighted by atomic mass is 16.3. The zero-order valence-corrected chi connectivity index (χ0v) is 7.95. The summed E-state index contributed by atoms with van der Waals surface area (Å²) in [5.41, 5.74) is 0. The van der Waals surface area contributed by atoms with E-state index in [-0.39, 0.29) is 6.61 Å². The highest BCUT2D eigenvalue weighted by Crippen LogP contribution is 1.79. The molecule has 0 aliphatic rings. The molecule has 0 radical (unpaired) electrons. The predicted octanol–water partition coefficient (Wildman–Crippen LogP) is -1.12. The molecular formula is C8H20N2O2. The maximum absolute atomic E-state index is 8.95. The van der Waals surface area contributed by atoms with Crippen molar-refractivity contribution in [1.29, 1.82) is 0 Å². The summed E-state index contributed by atoms with van der Waals surface area (Å²) in [5, 5.41) is 20.5. The van der Waals surface area contributed by atoms with Crippen molar-refractivity contribution in [2.24, 2.45) is 0 Å². The van der Waals surface area contributed by atoms with E-state index in [9.17, 15) is 0 Å². The van der Waals surface area contributed by atoms with E-state index < -0.39 is 6.10 Å². The highest BCUT2D eigenvalue weighted by Gasteiger charge is 2.00. The Morgan fingerprint density at radius 1 is 1.50 bits per heavy atom. The molecule has 1 atom stereocenters. The standard InChI is InChI=1S/C8H20N2O2/c1-3-10(2)5-4-9-6-8(12)7-11/h8-9,11-12H,3-7H2,1-2H3/t8-/m0/s1. The number of hydrogen-bond acceptors (Lipinski definition) is 4. The molecule has 0 aromatic carbocycles. The molecule has 0 rings (SSSR count). The number of rotatable bonds is 7. The molecule has 74 valence electrons. The van der Waals surface area contributed by atoms with Crippen LogP contribution in [0, 0.1) is 0 Å². The molecule has 0 amide bonds. The van der Waals surface area contributed by atoms with Crippen molar-refractivity contribution in [2.45, 2.75) is 13.0 Å². The Morgan fingerprint density at radius 3 is 2.67 bits per heavy atom. The number of hydrogen-bond donors (Lipinski definition) is 3. The van der Waals surface area contributed by atoms with Crippen LogP contribution in [0.1, 0.15) is 6.92 Å². The molecule has 0 bridgehead atoms. The third-order valence-electron chi connectivity index (χ3n) is 1.80. The minimum absolute atomic E-state index is 0.170. The van der Waals surface area contributed by atoms with Gasteiger partial charge in [0.25, 0.3) is 0 Å². The van der Waals surface area contributed by atoms with Crippen LogP contribution in [0.5, 0.6) is 0 Å². The summed E-state index contributed by atoms with van der Waals surface area (Å²) in [5.74, 6) is 0. The average Bonchev–Trinajstić information content (AvgIpc) is 2.11. The van der Waals surface area contributed by atoms with Gasteiger partial charge < -0.3 is 20.4 Å². The predicted molar refractivity (Wildman–Crippen MR) is 49.1 cm³/mol. The molecule has 0 spiro atoms. The van der Waals surface area contributed by atoms with Gasteiger partial charge >= 0.3 is 0 Å². The summed E-state index contributed by atoms with van der Waals surface area (Å²) in [6.07, 6.45) is -0.628. The monoisotopic (exact) mass is 176 g/mol. The normalized spacial score (nSPS) is 13.8. The zero-order valence-electron chi connectivity index (χ0n) is 7.95. The minimum Gasteiger partial charge on any atom is -0.394 e. The second-order valence-corrected chi connectivity index (χ2v) is 2.94. The highest BCUT2D eigenvalue weighted by molar-refractivity contribution is 4.58. The Kier molecular flexibility index (Phi) is 7.39. The molecular weight excluding hydrogens is 156 g/mol. The molecule has 0 saturated heterocycles.